The summed E-state index contributed by atoms with van der Waals surface area (Å²) >= 11 is 0. The molecule has 0 saturated carbocycles. The molecular formula is C12H29NS+2. The minimum Gasteiger partial charge on any atom is -0.329 e. The maximum atomic E-state index is 2.33. The molecule has 0 aromatic heterocycles. The molecule has 0 unspecified atom stereocenters. The van der Waals surface area contributed by atoms with Crippen molar-refractivity contribution in [2.45, 2.75) is 33.6 Å². The van der Waals surface area contributed by atoms with Gasteiger partial charge < -0.3 is 4.48 Å². The van der Waals surface area contributed by atoms with Crippen LogP contribution in [0.2, 0.25) is 0 Å². The molecule has 0 atom stereocenters. The first-order valence-electron chi connectivity index (χ1n) is 6.01. The number of hydrogen-bond donors (Lipinski definition) is 0. The molecule has 0 rings (SSSR count). The first-order chi connectivity index (χ1) is 6.55. The van der Waals surface area contributed by atoms with Gasteiger partial charge in [0.2, 0.25) is 0 Å². The highest BCUT2D eigenvalue weighted by Gasteiger charge is 2.14. The molecular weight excluding hydrogens is 190 g/mol. The van der Waals surface area contributed by atoms with Crippen molar-refractivity contribution in [2.24, 2.45) is 0 Å². The first kappa shape index (κ1) is 14.3. The molecule has 0 spiro atoms. The van der Waals surface area contributed by atoms with E-state index >= 15 is 0 Å². The fraction of sp³-hybridized carbons (Fsp3) is 1.00. The van der Waals surface area contributed by atoms with Crippen molar-refractivity contribution in [1.82, 2.24) is 0 Å². The molecule has 0 saturated heterocycles. The Hall–Kier alpha value is 0.310. The van der Waals surface area contributed by atoms with Gasteiger partial charge in [-0.3, -0.25) is 0 Å². The lowest BCUT2D eigenvalue weighted by molar-refractivity contribution is -0.888. The minimum absolute atomic E-state index is 0.724. The zero-order valence-corrected chi connectivity index (χ0v) is 11.6. The number of hydrogen-bond acceptors (Lipinski definition) is 0. The van der Waals surface area contributed by atoms with Crippen LogP contribution in [-0.2, 0) is 10.9 Å². The van der Waals surface area contributed by atoms with E-state index in [-0.39, 0.29) is 0 Å². The van der Waals surface area contributed by atoms with Gasteiger partial charge in [0.05, 0.1) is 27.2 Å². The van der Waals surface area contributed by atoms with Crippen molar-refractivity contribution < 1.29 is 4.48 Å². The molecule has 0 radical (unpaired) electrons. The molecule has 0 aliphatic heterocycles. The van der Waals surface area contributed by atoms with Gasteiger partial charge in [-0.1, -0.05) is 0 Å². The van der Waals surface area contributed by atoms with Gasteiger partial charge in [0, 0.05) is 6.42 Å². The highest BCUT2D eigenvalue weighted by Crippen LogP contribution is 2.05. The predicted molar refractivity (Wildman–Crippen MR) is 70.1 cm³/mol. The normalized spacial score (nSPS) is 12.4. The summed E-state index contributed by atoms with van der Waals surface area (Å²) in [5.74, 6) is 4.25. The summed E-state index contributed by atoms with van der Waals surface area (Å²) in [6, 6.07) is 0. The second-order valence-electron chi connectivity index (χ2n) is 4.58. The Morgan fingerprint density at radius 1 is 0.929 bits per heavy atom. The standard InChI is InChI=1S/C12H29NS/c1-6-13(4,5)11-9-10-12-14(7-2)8-3/h6-12H2,1-5H3/q+2. The Morgan fingerprint density at radius 2 is 1.50 bits per heavy atom. The Bertz CT molecular complexity index is 130. The van der Waals surface area contributed by atoms with E-state index in [0.717, 1.165) is 10.9 Å². The van der Waals surface area contributed by atoms with Gasteiger partial charge in [0.1, 0.15) is 17.3 Å². The molecule has 0 aromatic rings. The van der Waals surface area contributed by atoms with Crippen LogP contribution in [0.25, 0.3) is 0 Å². The molecule has 0 fully saturated rings. The van der Waals surface area contributed by atoms with Crippen molar-refractivity contribution >= 4 is 10.9 Å². The third kappa shape index (κ3) is 6.72. The summed E-state index contributed by atoms with van der Waals surface area (Å²) in [7, 11) is 5.39. The van der Waals surface area contributed by atoms with E-state index < -0.39 is 0 Å². The summed E-state index contributed by atoms with van der Waals surface area (Å²) in [5, 5.41) is 0. The number of quaternary nitrogens is 1. The largest absolute Gasteiger partial charge is 0.329 e. The SMILES string of the molecule is CC[S+](CC)CCCC[N+](C)(C)CC. The average molecular weight is 219 g/mol. The molecule has 0 aliphatic rings. The van der Waals surface area contributed by atoms with Gasteiger partial charge in [0.25, 0.3) is 0 Å². The van der Waals surface area contributed by atoms with Crippen LogP contribution >= 0.6 is 0 Å². The molecule has 0 heterocycles. The van der Waals surface area contributed by atoms with Crippen molar-refractivity contribution in [3.05, 3.63) is 0 Å². The van der Waals surface area contributed by atoms with Gasteiger partial charge in [-0.15, -0.1) is 0 Å². The van der Waals surface area contributed by atoms with Gasteiger partial charge in [-0.2, -0.15) is 0 Å². The van der Waals surface area contributed by atoms with Crippen LogP contribution in [0, 0.1) is 0 Å². The highest BCUT2D eigenvalue weighted by atomic mass is 32.2. The molecule has 14 heavy (non-hydrogen) atoms. The molecule has 86 valence electrons. The lowest BCUT2D eigenvalue weighted by Gasteiger charge is -2.27. The molecule has 0 bridgehead atoms. The number of unbranched alkanes of at least 4 members (excludes halogenated alkanes) is 1. The van der Waals surface area contributed by atoms with Crippen molar-refractivity contribution in [1.29, 1.82) is 0 Å². The number of nitrogens with zero attached hydrogens (tertiary/aromatic N) is 1. The van der Waals surface area contributed by atoms with Crippen LogP contribution in [0.3, 0.4) is 0 Å². The zero-order valence-electron chi connectivity index (χ0n) is 10.8. The van der Waals surface area contributed by atoms with Crippen molar-refractivity contribution in [3.63, 3.8) is 0 Å². The second-order valence-corrected chi connectivity index (χ2v) is 7.36. The molecule has 1 nitrogen and oxygen atoms in total. The Labute approximate surface area is 93.8 Å². The van der Waals surface area contributed by atoms with Gasteiger partial charge in [-0.25, -0.2) is 0 Å². The fourth-order valence-electron chi connectivity index (χ4n) is 1.50. The third-order valence-corrected chi connectivity index (χ3v) is 5.62. The molecule has 0 amide bonds. The minimum atomic E-state index is 0.724. The molecule has 2 heteroatoms. The Morgan fingerprint density at radius 3 is 1.93 bits per heavy atom. The van der Waals surface area contributed by atoms with Gasteiger partial charge in [-0.05, 0) is 38.1 Å². The van der Waals surface area contributed by atoms with E-state index in [9.17, 15) is 0 Å². The Balaban J connectivity index is 3.45. The van der Waals surface area contributed by atoms with E-state index in [2.05, 4.69) is 34.9 Å². The van der Waals surface area contributed by atoms with Crippen LogP contribution < -0.4 is 0 Å². The second kappa shape index (κ2) is 7.58. The van der Waals surface area contributed by atoms with Crippen LogP contribution in [0.1, 0.15) is 33.6 Å². The zero-order chi connectivity index (χ0) is 11.0. The highest BCUT2D eigenvalue weighted by molar-refractivity contribution is 7.96. The third-order valence-electron chi connectivity index (χ3n) is 3.12. The van der Waals surface area contributed by atoms with E-state index in [0.29, 0.717) is 0 Å². The summed E-state index contributed by atoms with van der Waals surface area (Å²) in [6.45, 7) is 9.55. The van der Waals surface area contributed by atoms with E-state index in [1.165, 1.54) is 47.7 Å². The van der Waals surface area contributed by atoms with Crippen LogP contribution in [-0.4, -0.2) is 48.9 Å². The summed E-state index contributed by atoms with van der Waals surface area (Å²) in [5.41, 5.74) is 0. The van der Waals surface area contributed by atoms with Crippen LogP contribution in [0.15, 0.2) is 0 Å². The van der Waals surface area contributed by atoms with Crippen LogP contribution in [0.4, 0.5) is 0 Å². The van der Waals surface area contributed by atoms with Crippen molar-refractivity contribution in [3.8, 4) is 0 Å². The number of rotatable bonds is 8. The molecule has 0 aromatic carbocycles. The Kier molecular flexibility index (Phi) is 7.75. The smallest absolute Gasteiger partial charge is 0.108 e. The topological polar surface area (TPSA) is 0 Å². The van der Waals surface area contributed by atoms with E-state index in [1.54, 1.807) is 0 Å². The van der Waals surface area contributed by atoms with Gasteiger partial charge in [0.15, 0.2) is 0 Å². The maximum Gasteiger partial charge on any atom is 0.108 e. The van der Waals surface area contributed by atoms with E-state index in [4.69, 9.17) is 0 Å². The monoisotopic (exact) mass is 219 g/mol. The maximum absolute atomic E-state index is 2.33. The quantitative estimate of drug-likeness (QED) is 0.334. The average Bonchev–Trinajstić information content (AvgIpc) is 2.18. The van der Waals surface area contributed by atoms with Crippen molar-refractivity contribution in [2.75, 3.05) is 44.4 Å². The molecule has 0 aliphatic carbocycles. The summed E-state index contributed by atoms with van der Waals surface area (Å²) in [6.07, 6.45) is 2.84. The predicted octanol–water partition coefficient (Wildman–Crippen LogP) is 2.52. The van der Waals surface area contributed by atoms with Gasteiger partial charge >= 0.3 is 0 Å². The first-order valence-corrected chi connectivity index (χ1v) is 7.75. The fourth-order valence-corrected chi connectivity index (χ4v) is 3.09. The lowest BCUT2D eigenvalue weighted by Crippen LogP contribution is -2.40. The van der Waals surface area contributed by atoms with Crippen LogP contribution in [0.5, 0.6) is 0 Å². The van der Waals surface area contributed by atoms with E-state index in [1.807, 2.05) is 0 Å². The summed E-state index contributed by atoms with van der Waals surface area (Å²) in [4.78, 5) is 0. The molecule has 0 N–H and O–H groups in total. The lowest BCUT2D eigenvalue weighted by atomic mass is 10.3. The summed E-state index contributed by atoms with van der Waals surface area (Å²) < 4.78 is 1.19.